The molecule has 0 radical (unpaired) electrons. The van der Waals surface area contributed by atoms with Crippen LogP contribution in [0.3, 0.4) is 0 Å². The molecule has 2 aromatic carbocycles. The maximum atomic E-state index is 14.4. The molecule has 12 nitrogen and oxygen atoms in total. The number of aromatic nitrogens is 1. The lowest BCUT2D eigenvalue weighted by Crippen LogP contribution is -2.77. The van der Waals surface area contributed by atoms with Crippen LogP contribution >= 0.6 is 43.2 Å². The van der Waals surface area contributed by atoms with E-state index in [1.165, 1.54) is 57.9 Å². The number of para-hydroxylation sites is 2. The van der Waals surface area contributed by atoms with E-state index in [1.54, 1.807) is 26.0 Å². The van der Waals surface area contributed by atoms with Crippen molar-refractivity contribution in [2.45, 2.75) is 44.0 Å². The highest BCUT2D eigenvalue weighted by Gasteiger charge is 2.78. The fourth-order valence-corrected chi connectivity index (χ4v) is 15.7. The summed E-state index contributed by atoms with van der Waals surface area (Å²) in [5, 5.41) is 25.2. The molecule has 244 valence electrons. The fourth-order valence-electron chi connectivity index (χ4n) is 8.49. The maximum absolute atomic E-state index is 14.4. The van der Waals surface area contributed by atoms with Crippen molar-refractivity contribution in [3.05, 3.63) is 65.9 Å². The number of hydrogen-bond acceptors (Lipinski definition) is 11. The van der Waals surface area contributed by atoms with Gasteiger partial charge >= 0.3 is 0 Å². The van der Waals surface area contributed by atoms with Gasteiger partial charge in [-0.25, -0.2) is 0 Å². The second kappa shape index (κ2) is 9.36. The van der Waals surface area contributed by atoms with Crippen LogP contribution in [-0.4, -0.2) is 118 Å². The molecule has 0 unspecified atom stereocenters. The molecular weight excluding hydrogens is 681 g/mol. The average Bonchev–Trinajstić information content (AvgIpc) is 3.71. The first-order chi connectivity index (χ1) is 22.5. The molecule has 47 heavy (non-hydrogen) atoms. The number of rotatable bonds is 5. The minimum atomic E-state index is -1.43. The minimum absolute atomic E-state index is 0.203. The van der Waals surface area contributed by atoms with E-state index >= 15 is 0 Å². The Kier molecular flexibility index (Phi) is 5.99. The van der Waals surface area contributed by atoms with E-state index in [-0.39, 0.29) is 36.5 Å². The van der Waals surface area contributed by atoms with Gasteiger partial charge in [-0.3, -0.25) is 24.1 Å². The van der Waals surface area contributed by atoms with Crippen LogP contribution in [-0.2, 0) is 31.1 Å². The first kappa shape index (κ1) is 30.1. The number of hydrogen-bond donors (Lipinski definition) is 3. The number of benzene rings is 2. The van der Waals surface area contributed by atoms with E-state index in [1.807, 2.05) is 54.7 Å². The van der Waals surface area contributed by atoms with Gasteiger partial charge in [0, 0.05) is 62.3 Å². The molecule has 8 aliphatic rings. The van der Waals surface area contributed by atoms with Crippen molar-refractivity contribution in [2.75, 3.05) is 39.7 Å². The predicted molar refractivity (Wildman–Crippen MR) is 182 cm³/mol. The van der Waals surface area contributed by atoms with E-state index < -0.39 is 44.4 Å². The van der Waals surface area contributed by atoms with Crippen LogP contribution in [0.15, 0.2) is 54.7 Å². The summed E-state index contributed by atoms with van der Waals surface area (Å²) >= 11 is 0. The van der Waals surface area contributed by atoms with Gasteiger partial charge in [0.25, 0.3) is 23.6 Å². The lowest BCUT2D eigenvalue weighted by Gasteiger charge is -2.58. The predicted octanol–water partition coefficient (Wildman–Crippen LogP) is 1.87. The highest BCUT2D eigenvalue weighted by Crippen LogP contribution is 2.69. The number of aliphatic hydroxyl groups excluding tert-OH is 2. The lowest BCUT2D eigenvalue weighted by atomic mass is 9.86. The van der Waals surface area contributed by atoms with Crippen LogP contribution in [0.4, 0.5) is 5.69 Å². The van der Waals surface area contributed by atoms with Crippen molar-refractivity contribution < 1.29 is 29.4 Å². The van der Waals surface area contributed by atoms with E-state index in [2.05, 4.69) is 9.88 Å². The van der Waals surface area contributed by atoms with Crippen LogP contribution in [0.1, 0.15) is 17.5 Å². The van der Waals surface area contributed by atoms with Gasteiger partial charge < -0.3 is 34.8 Å². The number of carbonyl (C=O) groups excluding carboxylic acids is 4. The fraction of sp³-hybridized carbons (Fsp3) is 0.419. The summed E-state index contributed by atoms with van der Waals surface area (Å²) in [6.45, 7) is -0.994. The molecule has 0 saturated carbocycles. The summed E-state index contributed by atoms with van der Waals surface area (Å²) in [6, 6.07) is 15.8. The number of carbonyl (C=O) groups is 4. The Morgan fingerprint density at radius 3 is 2.13 bits per heavy atom. The van der Waals surface area contributed by atoms with E-state index in [0.717, 1.165) is 27.7 Å². The Hall–Kier alpha value is -3.02. The zero-order valence-electron chi connectivity index (χ0n) is 25.5. The molecule has 16 heteroatoms. The zero-order valence-corrected chi connectivity index (χ0v) is 28.8. The Morgan fingerprint density at radius 1 is 0.766 bits per heavy atom. The van der Waals surface area contributed by atoms with E-state index in [4.69, 9.17) is 0 Å². The van der Waals surface area contributed by atoms with E-state index in [9.17, 15) is 29.4 Å². The number of piperazine rings is 2. The van der Waals surface area contributed by atoms with Gasteiger partial charge in [0.1, 0.15) is 11.7 Å². The third-order valence-electron chi connectivity index (χ3n) is 11.1. The highest BCUT2D eigenvalue weighted by molar-refractivity contribution is 8.78. The summed E-state index contributed by atoms with van der Waals surface area (Å²) < 4.78 is 2.16. The van der Waals surface area contributed by atoms with Crippen molar-refractivity contribution in [3.8, 4) is 0 Å². The average molecular weight is 711 g/mol. The molecule has 1 spiro atoms. The van der Waals surface area contributed by atoms with Crippen molar-refractivity contribution in [3.63, 3.8) is 0 Å². The van der Waals surface area contributed by atoms with Crippen LogP contribution in [0.25, 0.3) is 10.9 Å². The van der Waals surface area contributed by atoms with Gasteiger partial charge in [0.2, 0.25) is 9.74 Å². The Balaban J connectivity index is 1.25. The molecule has 3 N–H and O–H groups in total. The molecule has 6 atom stereocenters. The molecule has 7 fully saturated rings. The van der Waals surface area contributed by atoms with Gasteiger partial charge in [-0.05, 0) is 39.3 Å². The van der Waals surface area contributed by atoms with Gasteiger partial charge in [-0.2, -0.15) is 0 Å². The molecular formula is C31H30N6O6S4. The summed E-state index contributed by atoms with van der Waals surface area (Å²) in [6.07, 6.45) is 1.85. The van der Waals surface area contributed by atoms with Crippen LogP contribution in [0, 0.1) is 0 Å². The normalized spacial score (nSPS) is 36.8. The number of nitrogens with one attached hydrogen (secondary N) is 1. The maximum Gasteiger partial charge on any atom is 0.265 e. The van der Waals surface area contributed by atoms with Gasteiger partial charge in [0.05, 0.1) is 13.2 Å². The molecule has 11 rings (SSSR count). The van der Waals surface area contributed by atoms with Crippen LogP contribution in [0.2, 0.25) is 0 Å². The molecule has 4 amide bonds. The third-order valence-corrected chi connectivity index (χ3v) is 18.4. The molecule has 7 saturated heterocycles. The van der Waals surface area contributed by atoms with Crippen molar-refractivity contribution >= 4 is 83.4 Å². The summed E-state index contributed by atoms with van der Waals surface area (Å²) in [5.41, 5.74) is 2.55. The molecule has 9 heterocycles. The Morgan fingerprint density at radius 2 is 1.36 bits per heavy atom. The molecule has 8 aliphatic heterocycles. The first-order valence-electron chi connectivity index (χ1n) is 15.1. The summed E-state index contributed by atoms with van der Waals surface area (Å²) in [5.74, 6) is -1.11. The number of anilines is 1. The number of amides is 4. The SMILES string of the molecule is CN1C(=O)[C@@]23C[C@]4(n5cc(C[C@]67SS[C@@](CO)(C(=O)N6C)N(C)C7=O)c6ccccc65)c5ccccc5N[C@@H]4N2C(=O)[C@]1(CO)SS3. The topological polar surface area (TPSA) is 139 Å². The van der Waals surface area contributed by atoms with Gasteiger partial charge in [-0.15, -0.1) is 0 Å². The second-order valence-corrected chi connectivity index (χ2v) is 18.3. The van der Waals surface area contributed by atoms with Gasteiger partial charge in [0.15, 0.2) is 9.74 Å². The quantitative estimate of drug-likeness (QED) is 0.335. The standard InChI is InChI=1S/C31H30N6O6S4/c1-33-25(42)30(15-38)34(2)23(40)28(33,44-46-30)12-17-13-36(21-11-7-4-8-18(17)21)27-14-29-24(41)35(3)31(16-39,47-45-29)26(43)37(29)22(27)32-20-10-6-5-9-19(20)27/h4-11,13,22,32,38-39H,12,14-16H2,1-3H3/t22-,27+,28-,29+,30+,31+/m1/s1. The molecule has 1 aromatic heterocycles. The smallest absolute Gasteiger partial charge is 0.265 e. The number of aliphatic hydroxyl groups is 2. The largest absolute Gasteiger partial charge is 0.392 e. The highest BCUT2D eigenvalue weighted by atomic mass is 33.1. The molecule has 4 bridgehead atoms. The summed E-state index contributed by atoms with van der Waals surface area (Å²) in [4.78, 5) is 57.1. The minimum Gasteiger partial charge on any atom is -0.392 e. The molecule has 0 aliphatic carbocycles. The monoisotopic (exact) mass is 710 g/mol. The van der Waals surface area contributed by atoms with Crippen LogP contribution in [0.5, 0.6) is 0 Å². The van der Waals surface area contributed by atoms with Crippen molar-refractivity contribution in [1.82, 2.24) is 24.2 Å². The number of fused-ring (bicyclic) bond motifs is 9. The van der Waals surface area contributed by atoms with Crippen LogP contribution < -0.4 is 5.32 Å². The Bertz CT molecular complexity index is 1980. The summed E-state index contributed by atoms with van der Waals surface area (Å²) in [7, 11) is 9.90. The number of likely N-dealkylation sites (N-methyl/N-ethyl adjacent to an activating group) is 3. The molecule has 3 aromatic rings. The van der Waals surface area contributed by atoms with Crippen molar-refractivity contribution in [1.29, 1.82) is 0 Å². The number of nitrogens with zero attached hydrogens (tertiary/aromatic N) is 5. The van der Waals surface area contributed by atoms with Crippen molar-refractivity contribution in [2.24, 2.45) is 0 Å². The zero-order chi connectivity index (χ0) is 32.9. The third kappa shape index (κ3) is 3.12. The second-order valence-electron chi connectivity index (χ2n) is 13.0. The first-order valence-corrected chi connectivity index (χ1v) is 19.4. The lowest BCUT2D eigenvalue weighted by molar-refractivity contribution is -0.166. The Labute approximate surface area is 285 Å². The van der Waals surface area contributed by atoms with E-state index in [0.29, 0.717) is 0 Å². The van der Waals surface area contributed by atoms with Gasteiger partial charge in [-0.1, -0.05) is 58.0 Å².